The lowest BCUT2D eigenvalue weighted by Crippen LogP contribution is -2.46. The zero-order valence-electron chi connectivity index (χ0n) is 29.0. The summed E-state index contributed by atoms with van der Waals surface area (Å²) in [7, 11) is 0. The van der Waals surface area contributed by atoms with E-state index in [-0.39, 0.29) is 35.0 Å². The summed E-state index contributed by atoms with van der Waals surface area (Å²) >= 11 is 0. The van der Waals surface area contributed by atoms with Crippen molar-refractivity contribution in [3.05, 3.63) is 94.9 Å². The molecular formula is C39H52O7. The smallest absolute Gasteiger partial charge is 0.343 e. The minimum Gasteiger partial charge on any atom is -0.462 e. The van der Waals surface area contributed by atoms with Gasteiger partial charge < -0.3 is 24.4 Å². The number of cyclic esters (lactones) is 1. The Kier molecular flexibility index (Phi) is 10.1. The molecule has 4 aliphatic rings. The molecule has 0 amide bonds. The van der Waals surface area contributed by atoms with Crippen LogP contribution in [0.15, 0.2) is 94.9 Å². The van der Waals surface area contributed by atoms with Crippen molar-refractivity contribution in [2.75, 3.05) is 0 Å². The molecule has 7 heteroatoms. The number of fused-ring (bicyclic) bond motifs is 1. The Bertz CT molecular complexity index is 1450. The van der Waals surface area contributed by atoms with Crippen LogP contribution in [0.4, 0.5) is 0 Å². The first-order valence-corrected chi connectivity index (χ1v) is 16.3. The lowest BCUT2D eigenvalue weighted by atomic mass is 9.63. The van der Waals surface area contributed by atoms with E-state index in [0.717, 1.165) is 16.7 Å². The number of epoxide rings is 1. The van der Waals surface area contributed by atoms with Crippen molar-refractivity contribution in [3.8, 4) is 0 Å². The van der Waals surface area contributed by atoms with Crippen LogP contribution < -0.4 is 0 Å². The Morgan fingerprint density at radius 1 is 0.978 bits per heavy atom. The average Bonchev–Trinajstić information content (AvgIpc) is 3.36. The third-order valence-corrected chi connectivity index (χ3v) is 9.82. The molecule has 2 aliphatic heterocycles. The molecule has 2 aliphatic carbocycles. The second kappa shape index (κ2) is 13.1. The van der Waals surface area contributed by atoms with E-state index in [4.69, 9.17) is 14.2 Å². The molecule has 2 heterocycles. The Balaban J connectivity index is 1.32. The van der Waals surface area contributed by atoms with E-state index in [1.54, 1.807) is 19.1 Å². The Morgan fingerprint density at radius 3 is 2.28 bits per heavy atom. The van der Waals surface area contributed by atoms with E-state index in [9.17, 15) is 19.8 Å². The lowest BCUT2D eigenvalue weighted by Gasteiger charge is -2.46. The molecule has 0 aromatic carbocycles. The quantitative estimate of drug-likeness (QED) is 0.118. The van der Waals surface area contributed by atoms with E-state index in [1.165, 1.54) is 6.92 Å². The van der Waals surface area contributed by atoms with Gasteiger partial charge in [-0.1, -0.05) is 75.8 Å². The third-order valence-electron chi connectivity index (χ3n) is 9.82. The van der Waals surface area contributed by atoms with Crippen LogP contribution in [0.5, 0.6) is 0 Å². The second-order valence-electron chi connectivity index (χ2n) is 15.2. The van der Waals surface area contributed by atoms with Gasteiger partial charge in [-0.2, -0.15) is 0 Å². The number of carbonyl (C=O) groups is 2. The molecule has 4 rings (SSSR count). The van der Waals surface area contributed by atoms with Gasteiger partial charge in [0, 0.05) is 25.2 Å². The Hall–Kier alpha value is -3.26. The van der Waals surface area contributed by atoms with E-state index in [2.05, 4.69) is 46.8 Å². The molecule has 0 bridgehead atoms. The van der Waals surface area contributed by atoms with E-state index in [0.29, 0.717) is 43.4 Å². The molecule has 5 atom stereocenters. The van der Waals surface area contributed by atoms with Crippen LogP contribution in [0.25, 0.3) is 0 Å². The van der Waals surface area contributed by atoms with Gasteiger partial charge in [-0.3, -0.25) is 4.79 Å². The highest BCUT2D eigenvalue weighted by Gasteiger charge is 2.74. The number of allylic oxidation sites excluding steroid dienone is 11. The van der Waals surface area contributed by atoms with Crippen LogP contribution in [-0.4, -0.2) is 51.2 Å². The number of ether oxygens (including phenoxy) is 3. The molecule has 2 N–H and O–H groups in total. The van der Waals surface area contributed by atoms with E-state index in [1.807, 2.05) is 56.4 Å². The van der Waals surface area contributed by atoms with Crippen LogP contribution in [0.3, 0.4) is 0 Å². The van der Waals surface area contributed by atoms with Crippen LogP contribution >= 0.6 is 0 Å². The van der Waals surface area contributed by atoms with Crippen molar-refractivity contribution in [2.45, 2.75) is 123 Å². The minimum absolute atomic E-state index is 0.253. The monoisotopic (exact) mass is 632 g/mol. The van der Waals surface area contributed by atoms with Gasteiger partial charge in [0.1, 0.15) is 23.1 Å². The van der Waals surface area contributed by atoms with E-state index >= 15 is 0 Å². The summed E-state index contributed by atoms with van der Waals surface area (Å²) in [5, 5.41) is 21.4. The zero-order valence-corrected chi connectivity index (χ0v) is 29.0. The predicted octanol–water partition coefficient (Wildman–Crippen LogP) is 7.44. The van der Waals surface area contributed by atoms with Crippen molar-refractivity contribution in [1.82, 2.24) is 0 Å². The maximum Gasteiger partial charge on any atom is 0.343 e. The molecular weight excluding hydrogens is 580 g/mol. The molecule has 5 unspecified atom stereocenters. The number of aliphatic hydroxyl groups excluding tert-OH is 1. The second-order valence-corrected chi connectivity index (χ2v) is 15.2. The van der Waals surface area contributed by atoms with Gasteiger partial charge >= 0.3 is 11.9 Å². The number of hydrogen-bond donors (Lipinski definition) is 2. The van der Waals surface area contributed by atoms with Gasteiger partial charge in [0.15, 0.2) is 0 Å². The number of rotatable bonds is 9. The molecule has 7 nitrogen and oxygen atoms in total. The zero-order chi connectivity index (χ0) is 34.1. The van der Waals surface area contributed by atoms with E-state index < -0.39 is 16.8 Å². The molecule has 3 fully saturated rings. The molecule has 0 aromatic heterocycles. The first kappa shape index (κ1) is 35.6. The van der Waals surface area contributed by atoms with Gasteiger partial charge in [0.05, 0.1) is 17.3 Å². The number of esters is 2. The number of carbonyl (C=O) groups excluding carboxylic acids is 2. The predicted molar refractivity (Wildman–Crippen MR) is 180 cm³/mol. The van der Waals surface area contributed by atoms with Gasteiger partial charge in [-0.25, -0.2) is 4.79 Å². The molecule has 0 spiro atoms. The summed E-state index contributed by atoms with van der Waals surface area (Å²) in [5.74, 6) is -0.211. The summed E-state index contributed by atoms with van der Waals surface area (Å²) in [6.07, 6.45) is 23.6. The van der Waals surface area contributed by atoms with Gasteiger partial charge in [0.25, 0.3) is 0 Å². The summed E-state index contributed by atoms with van der Waals surface area (Å²) in [4.78, 5) is 24.0. The first-order chi connectivity index (χ1) is 21.3. The van der Waals surface area contributed by atoms with Crippen LogP contribution in [0.1, 0.15) is 94.4 Å². The van der Waals surface area contributed by atoms with Crippen molar-refractivity contribution in [3.63, 3.8) is 0 Å². The van der Waals surface area contributed by atoms with Crippen LogP contribution in [-0.2, 0) is 23.8 Å². The van der Waals surface area contributed by atoms with Crippen LogP contribution in [0, 0.1) is 10.8 Å². The van der Waals surface area contributed by atoms with Crippen molar-refractivity contribution >= 4 is 11.9 Å². The highest BCUT2D eigenvalue weighted by Crippen LogP contribution is 2.66. The molecule has 250 valence electrons. The fraction of sp³-hybridized carbons (Fsp3) is 0.538. The highest BCUT2D eigenvalue weighted by atomic mass is 16.6. The molecule has 0 radical (unpaired) electrons. The normalized spacial score (nSPS) is 36.1. The standard InChI is InChI=1S/C39H52O7/c1-26(16-17-33-35(4,5)24-32(44-28(3)40)25-37(33,8)43)14-12-10-11-13-15-27(2)20-31-21-29(34(42)45-31)18-19-39-36(6,7)22-30(41)23-38(39,9)46-39/h10-15,17-21,30,32,41,43H,16,22-25H2,1-9H3/b12-10+,13-11+,19-18+,26-14+,27-15+,31-20-,33-17+. The largest absolute Gasteiger partial charge is 0.462 e. The SMILES string of the molecule is CC(=O)OC1CC(C)(C)/C(=C\C/C(C)=C/C=C/C=C/C=C(C)/C=C2C=C(/C=C/C34OC3(C)CC(O)CC4(C)C)C(=O)O/2)C(C)(O)C1. The summed E-state index contributed by atoms with van der Waals surface area (Å²) in [6.45, 7) is 17.6. The maximum absolute atomic E-state index is 12.5. The summed E-state index contributed by atoms with van der Waals surface area (Å²) in [5.41, 5.74) is 1.06. The number of hydrogen-bond acceptors (Lipinski definition) is 7. The molecule has 0 aromatic rings. The van der Waals surface area contributed by atoms with Gasteiger partial charge in [-0.05, 0) is 87.8 Å². The fourth-order valence-electron chi connectivity index (χ4n) is 7.88. The van der Waals surface area contributed by atoms with Crippen molar-refractivity contribution in [1.29, 1.82) is 0 Å². The topological polar surface area (TPSA) is 106 Å². The summed E-state index contributed by atoms with van der Waals surface area (Å²) in [6, 6.07) is 0. The third kappa shape index (κ3) is 7.81. The first-order valence-electron chi connectivity index (χ1n) is 16.3. The Labute approximate surface area is 274 Å². The van der Waals surface area contributed by atoms with Crippen molar-refractivity contribution < 1.29 is 34.0 Å². The average molecular weight is 633 g/mol. The highest BCUT2D eigenvalue weighted by molar-refractivity contribution is 5.95. The Morgan fingerprint density at radius 2 is 1.65 bits per heavy atom. The number of aliphatic hydroxyl groups is 2. The fourth-order valence-corrected chi connectivity index (χ4v) is 7.88. The summed E-state index contributed by atoms with van der Waals surface area (Å²) < 4.78 is 17.1. The molecule has 2 saturated carbocycles. The van der Waals surface area contributed by atoms with Crippen molar-refractivity contribution in [2.24, 2.45) is 10.8 Å². The molecule has 1 saturated heterocycles. The molecule has 46 heavy (non-hydrogen) atoms. The minimum atomic E-state index is -1.03. The lowest BCUT2D eigenvalue weighted by molar-refractivity contribution is -0.152. The maximum atomic E-state index is 12.5. The van der Waals surface area contributed by atoms with Gasteiger partial charge in [0.2, 0.25) is 0 Å². The van der Waals surface area contributed by atoms with Crippen LogP contribution in [0.2, 0.25) is 0 Å². The van der Waals surface area contributed by atoms with Gasteiger partial charge in [-0.15, -0.1) is 0 Å².